The zero-order chi connectivity index (χ0) is 13.9. The predicted octanol–water partition coefficient (Wildman–Crippen LogP) is 1.62. The molecule has 0 spiro atoms. The first-order chi connectivity index (χ1) is 9.04. The van der Waals surface area contributed by atoms with Crippen molar-refractivity contribution in [1.29, 1.82) is 0 Å². The normalized spacial score (nSPS) is 20.2. The third-order valence-electron chi connectivity index (χ3n) is 3.17. The molecule has 1 aliphatic rings. The molecule has 0 amide bonds. The van der Waals surface area contributed by atoms with E-state index in [1.807, 2.05) is 6.92 Å². The summed E-state index contributed by atoms with van der Waals surface area (Å²) in [7, 11) is -3.46. The van der Waals surface area contributed by atoms with Crippen molar-refractivity contribution in [3.05, 3.63) is 24.3 Å². The summed E-state index contributed by atoms with van der Waals surface area (Å²) in [5.74, 6) is 0.574. The fourth-order valence-electron chi connectivity index (χ4n) is 2.23. The summed E-state index contributed by atoms with van der Waals surface area (Å²) in [6.07, 6.45) is 1.69. The molecule has 0 aromatic heterocycles. The summed E-state index contributed by atoms with van der Waals surface area (Å²) in [5.41, 5.74) is 5.85. The Bertz CT molecular complexity index is 536. The first-order valence-electron chi connectivity index (χ1n) is 6.52. The zero-order valence-corrected chi connectivity index (χ0v) is 13.1. The number of rotatable bonds is 4. The molecule has 0 radical (unpaired) electrons. The van der Waals surface area contributed by atoms with Crippen molar-refractivity contribution in [1.82, 2.24) is 4.31 Å². The highest BCUT2D eigenvalue weighted by atomic mass is 35.5. The van der Waals surface area contributed by atoms with Gasteiger partial charge in [-0.3, -0.25) is 0 Å². The highest BCUT2D eigenvalue weighted by Gasteiger charge is 2.28. The highest BCUT2D eigenvalue weighted by Crippen LogP contribution is 2.23. The molecule has 5 nitrogen and oxygen atoms in total. The van der Waals surface area contributed by atoms with Gasteiger partial charge in [0.15, 0.2) is 0 Å². The number of piperidine rings is 1. The molecule has 1 heterocycles. The van der Waals surface area contributed by atoms with Crippen molar-refractivity contribution in [2.24, 2.45) is 5.73 Å². The van der Waals surface area contributed by atoms with E-state index in [9.17, 15) is 8.42 Å². The maximum absolute atomic E-state index is 12.5. The van der Waals surface area contributed by atoms with E-state index in [1.54, 1.807) is 24.3 Å². The second-order valence-corrected chi connectivity index (χ2v) is 6.61. The van der Waals surface area contributed by atoms with Crippen LogP contribution in [0.3, 0.4) is 0 Å². The zero-order valence-electron chi connectivity index (χ0n) is 11.5. The molecule has 1 unspecified atom stereocenters. The van der Waals surface area contributed by atoms with E-state index in [2.05, 4.69) is 0 Å². The minimum atomic E-state index is -3.46. The molecule has 1 saturated heterocycles. The molecule has 1 fully saturated rings. The number of nitrogens with two attached hydrogens (primary N) is 1. The molecule has 0 aliphatic carbocycles. The van der Waals surface area contributed by atoms with Gasteiger partial charge in [-0.25, -0.2) is 8.42 Å². The van der Waals surface area contributed by atoms with E-state index in [4.69, 9.17) is 10.5 Å². The number of halogens is 1. The van der Waals surface area contributed by atoms with E-state index in [-0.39, 0.29) is 23.3 Å². The maximum Gasteiger partial charge on any atom is 0.243 e. The SMILES string of the molecule is CCOc1cccc(S(=O)(=O)N2CCCC(N)C2)c1.Cl. The van der Waals surface area contributed by atoms with E-state index in [1.165, 1.54) is 4.31 Å². The second kappa shape index (κ2) is 7.26. The highest BCUT2D eigenvalue weighted by molar-refractivity contribution is 7.89. The van der Waals surface area contributed by atoms with Gasteiger partial charge in [0, 0.05) is 25.2 Å². The van der Waals surface area contributed by atoms with Gasteiger partial charge in [-0.2, -0.15) is 4.31 Å². The lowest BCUT2D eigenvalue weighted by Gasteiger charge is -2.29. The molecular formula is C13H21ClN2O3S. The Kier molecular flexibility index (Phi) is 6.26. The largest absolute Gasteiger partial charge is 0.494 e. The molecule has 7 heteroatoms. The number of nitrogens with zero attached hydrogens (tertiary/aromatic N) is 1. The van der Waals surface area contributed by atoms with Crippen molar-refractivity contribution in [3.63, 3.8) is 0 Å². The molecule has 1 aromatic carbocycles. The van der Waals surface area contributed by atoms with E-state index in [0.29, 0.717) is 25.4 Å². The average Bonchev–Trinajstić information content (AvgIpc) is 2.39. The van der Waals surface area contributed by atoms with Crippen LogP contribution in [-0.4, -0.2) is 38.5 Å². The van der Waals surface area contributed by atoms with Gasteiger partial charge >= 0.3 is 0 Å². The minimum Gasteiger partial charge on any atom is -0.494 e. The van der Waals surface area contributed by atoms with Gasteiger partial charge in [0.25, 0.3) is 0 Å². The van der Waals surface area contributed by atoms with Gasteiger partial charge < -0.3 is 10.5 Å². The third kappa shape index (κ3) is 3.85. The van der Waals surface area contributed by atoms with Crippen LogP contribution in [0.15, 0.2) is 29.2 Å². The molecule has 0 bridgehead atoms. The monoisotopic (exact) mass is 320 g/mol. The molecule has 2 N–H and O–H groups in total. The summed E-state index contributed by atoms with van der Waals surface area (Å²) < 4.78 is 31.8. The lowest BCUT2D eigenvalue weighted by molar-refractivity contribution is 0.315. The van der Waals surface area contributed by atoms with Crippen LogP contribution < -0.4 is 10.5 Å². The molecule has 2 rings (SSSR count). The average molecular weight is 321 g/mol. The van der Waals surface area contributed by atoms with E-state index in [0.717, 1.165) is 12.8 Å². The van der Waals surface area contributed by atoms with Gasteiger partial charge in [-0.15, -0.1) is 12.4 Å². The predicted molar refractivity (Wildman–Crippen MR) is 80.8 cm³/mol. The number of hydrogen-bond donors (Lipinski definition) is 1. The fraction of sp³-hybridized carbons (Fsp3) is 0.538. The van der Waals surface area contributed by atoms with Gasteiger partial charge in [-0.1, -0.05) is 6.07 Å². The Balaban J connectivity index is 0.00000200. The molecule has 114 valence electrons. The molecule has 1 aliphatic heterocycles. The Morgan fingerprint density at radius 1 is 1.45 bits per heavy atom. The summed E-state index contributed by atoms with van der Waals surface area (Å²) in [6.45, 7) is 3.30. The maximum atomic E-state index is 12.5. The second-order valence-electron chi connectivity index (χ2n) is 4.67. The van der Waals surface area contributed by atoms with Crippen LogP contribution >= 0.6 is 12.4 Å². The van der Waals surface area contributed by atoms with Crippen molar-refractivity contribution in [2.45, 2.75) is 30.7 Å². The topological polar surface area (TPSA) is 72.6 Å². The van der Waals surface area contributed by atoms with Gasteiger partial charge in [0.1, 0.15) is 5.75 Å². The quantitative estimate of drug-likeness (QED) is 0.915. The Labute approximate surface area is 126 Å². The van der Waals surface area contributed by atoms with Gasteiger partial charge in [0.2, 0.25) is 10.0 Å². The van der Waals surface area contributed by atoms with Crippen LogP contribution in [0.4, 0.5) is 0 Å². The smallest absolute Gasteiger partial charge is 0.243 e. The molecule has 1 atom stereocenters. The molecule has 1 aromatic rings. The van der Waals surface area contributed by atoms with Crippen LogP contribution in [0.25, 0.3) is 0 Å². The molecular weight excluding hydrogens is 300 g/mol. The summed E-state index contributed by atoms with van der Waals surface area (Å²) in [4.78, 5) is 0.271. The number of benzene rings is 1. The minimum absolute atomic E-state index is 0. The van der Waals surface area contributed by atoms with E-state index >= 15 is 0 Å². The first-order valence-corrected chi connectivity index (χ1v) is 7.96. The Hall–Kier alpha value is -0.820. The van der Waals surface area contributed by atoms with E-state index < -0.39 is 10.0 Å². The molecule has 20 heavy (non-hydrogen) atoms. The number of ether oxygens (including phenoxy) is 1. The van der Waals surface area contributed by atoms with Crippen LogP contribution in [0.5, 0.6) is 5.75 Å². The van der Waals surface area contributed by atoms with Crippen LogP contribution in [0, 0.1) is 0 Å². The third-order valence-corrected chi connectivity index (χ3v) is 5.04. The Morgan fingerprint density at radius 3 is 2.85 bits per heavy atom. The summed E-state index contributed by atoms with van der Waals surface area (Å²) in [6, 6.07) is 6.54. The number of hydrogen-bond acceptors (Lipinski definition) is 4. The van der Waals surface area contributed by atoms with Crippen molar-refractivity contribution in [3.8, 4) is 5.75 Å². The van der Waals surface area contributed by atoms with Crippen molar-refractivity contribution < 1.29 is 13.2 Å². The van der Waals surface area contributed by atoms with Crippen LogP contribution in [-0.2, 0) is 10.0 Å². The van der Waals surface area contributed by atoms with Crippen LogP contribution in [0.2, 0.25) is 0 Å². The molecule has 0 saturated carbocycles. The lowest BCUT2D eigenvalue weighted by atomic mass is 10.1. The van der Waals surface area contributed by atoms with Crippen LogP contribution in [0.1, 0.15) is 19.8 Å². The Morgan fingerprint density at radius 2 is 2.20 bits per heavy atom. The fourth-order valence-corrected chi connectivity index (χ4v) is 3.80. The first kappa shape index (κ1) is 17.2. The lowest BCUT2D eigenvalue weighted by Crippen LogP contribution is -2.45. The van der Waals surface area contributed by atoms with Crippen molar-refractivity contribution in [2.75, 3.05) is 19.7 Å². The van der Waals surface area contributed by atoms with Gasteiger partial charge in [-0.05, 0) is 31.9 Å². The number of sulfonamides is 1. The van der Waals surface area contributed by atoms with Crippen molar-refractivity contribution >= 4 is 22.4 Å². The van der Waals surface area contributed by atoms with Gasteiger partial charge in [0.05, 0.1) is 11.5 Å². The standard InChI is InChI=1S/C13H20N2O3S.ClH/c1-2-18-12-6-3-7-13(9-12)19(16,17)15-8-4-5-11(14)10-15;/h3,6-7,9,11H,2,4-5,8,10,14H2,1H3;1H. The summed E-state index contributed by atoms with van der Waals surface area (Å²) >= 11 is 0. The summed E-state index contributed by atoms with van der Waals surface area (Å²) in [5, 5.41) is 0.